The molecule has 0 aromatic carbocycles. The van der Waals surface area contributed by atoms with Gasteiger partial charge in [0.2, 0.25) is 6.73 Å². The lowest BCUT2D eigenvalue weighted by molar-refractivity contribution is 0.193. The summed E-state index contributed by atoms with van der Waals surface area (Å²) in [5, 5.41) is 0. The number of hydrogen-bond acceptors (Lipinski definition) is 3. The zero-order valence-corrected chi connectivity index (χ0v) is 2.89. The van der Waals surface area contributed by atoms with Crippen molar-refractivity contribution in [3.8, 4) is 0 Å². The zero-order chi connectivity index (χ0) is 4.41. The molecule has 1 aliphatic rings. The van der Waals surface area contributed by atoms with Crippen LogP contribution in [0.25, 0.3) is 0 Å². The van der Waals surface area contributed by atoms with E-state index in [2.05, 4.69) is 15.6 Å². The fourth-order valence-corrected chi connectivity index (χ4v) is 0.201. The van der Waals surface area contributed by atoms with Gasteiger partial charge in [-0.25, -0.2) is 4.79 Å². The van der Waals surface area contributed by atoms with E-state index in [4.69, 9.17) is 0 Å². The molecule has 0 aromatic rings. The van der Waals surface area contributed by atoms with Crippen LogP contribution in [-0.4, -0.2) is 6.09 Å². The van der Waals surface area contributed by atoms with Crippen molar-refractivity contribution in [2.75, 3.05) is 0 Å². The lowest BCUT2D eigenvalue weighted by Crippen LogP contribution is -2.23. The third kappa shape index (κ3) is 0.414. The molecule has 1 heterocycles. The van der Waals surface area contributed by atoms with E-state index in [1.54, 1.807) is 0 Å². The van der Waals surface area contributed by atoms with Gasteiger partial charge >= 0.3 is 6.09 Å². The second-order valence-corrected chi connectivity index (χ2v) is 0.792. The van der Waals surface area contributed by atoms with Crippen LogP contribution in [0.1, 0.15) is 0 Å². The van der Waals surface area contributed by atoms with Crippen molar-refractivity contribution in [2.45, 2.75) is 0 Å². The second-order valence-electron chi connectivity index (χ2n) is 0.792. The molecule has 0 aliphatic carbocycles. The molecule has 0 atom stereocenters. The minimum absolute atomic E-state index is 0.463. The predicted molar refractivity (Wildman–Crippen MR) is 17.1 cm³/mol. The van der Waals surface area contributed by atoms with E-state index in [-0.39, 0.29) is 0 Å². The van der Waals surface area contributed by atoms with E-state index in [9.17, 15) is 4.79 Å². The molecule has 0 aromatic heterocycles. The molecule has 2 N–H and O–H groups in total. The van der Waals surface area contributed by atoms with E-state index < -0.39 is 6.09 Å². The van der Waals surface area contributed by atoms with Crippen molar-refractivity contribution >= 4 is 6.09 Å². The summed E-state index contributed by atoms with van der Waals surface area (Å²) >= 11 is 0. The fraction of sp³-hybridized carbons (Fsp3) is 0. The van der Waals surface area contributed by atoms with Crippen molar-refractivity contribution < 1.29 is 9.53 Å². The SMILES string of the molecule is O=C1NN[CH]O1. The zero-order valence-electron chi connectivity index (χ0n) is 2.89. The summed E-state index contributed by atoms with van der Waals surface area (Å²) in [5.74, 6) is 0. The van der Waals surface area contributed by atoms with Crippen molar-refractivity contribution in [1.82, 2.24) is 10.9 Å². The first-order chi connectivity index (χ1) is 2.89. The van der Waals surface area contributed by atoms with Crippen LogP contribution in [0.3, 0.4) is 0 Å². The van der Waals surface area contributed by atoms with E-state index in [1.165, 1.54) is 6.73 Å². The van der Waals surface area contributed by atoms with Gasteiger partial charge in [-0.3, -0.25) is 5.43 Å². The Morgan fingerprint density at radius 3 is 2.83 bits per heavy atom. The van der Waals surface area contributed by atoms with Crippen molar-refractivity contribution in [1.29, 1.82) is 0 Å². The highest BCUT2D eigenvalue weighted by atomic mass is 16.6. The number of hydrogen-bond donors (Lipinski definition) is 2. The number of amides is 1. The molecular formula is C2H3N2O2. The summed E-state index contributed by atoms with van der Waals surface area (Å²) in [5.41, 5.74) is 4.48. The highest BCUT2D eigenvalue weighted by Gasteiger charge is 2.06. The van der Waals surface area contributed by atoms with Crippen LogP contribution in [0.2, 0.25) is 0 Å². The van der Waals surface area contributed by atoms with Crippen LogP contribution in [0.5, 0.6) is 0 Å². The number of ether oxygens (including phenoxy) is 1. The van der Waals surface area contributed by atoms with E-state index >= 15 is 0 Å². The van der Waals surface area contributed by atoms with Crippen LogP contribution >= 0.6 is 0 Å². The lowest BCUT2D eigenvalue weighted by Gasteiger charge is -1.77. The van der Waals surface area contributed by atoms with E-state index in [0.717, 1.165) is 0 Å². The first-order valence-corrected chi connectivity index (χ1v) is 1.43. The summed E-state index contributed by atoms with van der Waals surface area (Å²) in [6.07, 6.45) is -0.463. The Balaban J connectivity index is 2.37. The number of cyclic esters (lactones) is 1. The average molecular weight is 87.1 g/mol. The first kappa shape index (κ1) is 3.42. The summed E-state index contributed by atoms with van der Waals surface area (Å²) in [7, 11) is 0. The Morgan fingerprint density at radius 1 is 1.83 bits per heavy atom. The molecule has 1 fully saturated rings. The van der Waals surface area contributed by atoms with Gasteiger partial charge in [-0.2, -0.15) is 5.43 Å². The molecule has 0 unspecified atom stereocenters. The molecule has 0 saturated carbocycles. The highest BCUT2D eigenvalue weighted by molar-refractivity contribution is 5.68. The number of carbonyl (C=O) groups is 1. The van der Waals surface area contributed by atoms with Crippen molar-refractivity contribution in [2.24, 2.45) is 0 Å². The van der Waals surface area contributed by atoms with Crippen LogP contribution in [-0.2, 0) is 4.74 Å². The molecule has 6 heavy (non-hydrogen) atoms. The van der Waals surface area contributed by atoms with Crippen LogP contribution in [0.15, 0.2) is 0 Å². The normalized spacial score (nSPS) is 19.7. The van der Waals surface area contributed by atoms with E-state index in [1.807, 2.05) is 0 Å². The Morgan fingerprint density at radius 2 is 2.67 bits per heavy atom. The Kier molecular flexibility index (Phi) is 0.648. The van der Waals surface area contributed by atoms with Crippen LogP contribution in [0, 0.1) is 6.73 Å². The topological polar surface area (TPSA) is 50.4 Å². The van der Waals surface area contributed by atoms with Gasteiger partial charge in [0.25, 0.3) is 0 Å². The minimum atomic E-state index is -0.463. The average Bonchev–Trinajstić information content (AvgIpc) is 1.86. The molecule has 0 spiro atoms. The summed E-state index contributed by atoms with van der Waals surface area (Å²) in [6, 6.07) is 0. The summed E-state index contributed by atoms with van der Waals surface area (Å²) < 4.78 is 4.17. The third-order valence-electron chi connectivity index (χ3n) is 0.399. The predicted octanol–water partition coefficient (Wildman–Crippen LogP) is -0.650. The molecular weight excluding hydrogens is 84.0 g/mol. The molecule has 4 nitrogen and oxygen atoms in total. The monoisotopic (exact) mass is 87.0 g/mol. The van der Waals surface area contributed by atoms with Crippen LogP contribution in [0.4, 0.5) is 4.79 Å². The Hall–Kier alpha value is -0.770. The summed E-state index contributed by atoms with van der Waals surface area (Å²) in [4.78, 5) is 9.82. The minimum Gasteiger partial charge on any atom is -0.422 e. The van der Waals surface area contributed by atoms with Gasteiger partial charge in [0.05, 0.1) is 0 Å². The largest absolute Gasteiger partial charge is 0.423 e. The number of rotatable bonds is 0. The van der Waals surface area contributed by atoms with Gasteiger partial charge in [-0.15, -0.1) is 0 Å². The number of hydrazine groups is 1. The molecule has 1 saturated heterocycles. The van der Waals surface area contributed by atoms with Crippen molar-refractivity contribution in [3.05, 3.63) is 6.73 Å². The van der Waals surface area contributed by atoms with Gasteiger partial charge in [0.1, 0.15) is 0 Å². The van der Waals surface area contributed by atoms with Gasteiger partial charge < -0.3 is 4.74 Å². The Labute approximate surface area is 34.4 Å². The van der Waals surface area contributed by atoms with Crippen molar-refractivity contribution in [3.63, 3.8) is 0 Å². The van der Waals surface area contributed by atoms with Crippen LogP contribution < -0.4 is 10.9 Å². The van der Waals surface area contributed by atoms with Gasteiger partial charge in [-0.1, -0.05) is 0 Å². The molecule has 33 valence electrons. The summed E-state index contributed by atoms with van der Waals surface area (Å²) in [6.45, 7) is 1.17. The first-order valence-electron chi connectivity index (χ1n) is 1.43. The maximum atomic E-state index is 9.82. The molecule has 0 bridgehead atoms. The molecule has 1 rings (SSSR count). The lowest BCUT2D eigenvalue weighted by atomic mass is 11.3. The molecule has 4 heteroatoms. The molecule has 1 radical (unpaired) electrons. The smallest absolute Gasteiger partial charge is 0.422 e. The standard InChI is InChI=1S/C2H3N2O2/c5-2-4-3-1-6-2/h1,3H,(H,4,5). The maximum Gasteiger partial charge on any atom is 0.423 e. The Bertz CT molecular complexity index is 63.9. The maximum absolute atomic E-state index is 9.82. The number of nitrogens with one attached hydrogen (secondary N) is 2. The second kappa shape index (κ2) is 1.14. The highest BCUT2D eigenvalue weighted by Crippen LogP contribution is 1.81. The van der Waals surface area contributed by atoms with Gasteiger partial charge in [0, 0.05) is 0 Å². The van der Waals surface area contributed by atoms with Gasteiger partial charge in [0.15, 0.2) is 0 Å². The fourth-order valence-electron chi connectivity index (χ4n) is 0.201. The number of carbonyl (C=O) groups excluding carboxylic acids is 1. The van der Waals surface area contributed by atoms with E-state index in [0.29, 0.717) is 0 Å². The molecule has 1 aliphatic heterocycles. The quantitative estimate of drug-likeness (QED) is 0.412. The molecule has 1 amide bonds. The van der Waals surface area contributed by atoms with Gasteiger partial charge in [-0.05, 0) is 0 Å². The third-order valence-corrected chi connectivity index (χ3v) is 0.399.